The minimum Gasteiger partial charge on any atom is -0.354 e. The van der Waals surface area contributed by atoms with Gasteiger partial charge in [-0.3, -0.25) is 9.36 Å². The van der Waals surface area contributed by atoms with Gasteiger partial charge in [-0.25, -0.2) is 4.98 Å². The van der Waals surface area contributed by atoms with Gasteiger partial charge >= 0.3 is 0 Å². The minimum atomic E-state index is 0.0907. The fraction of sp³-hybridized carbons (Fsp3) is 0.579. The molecule has 0 unspecified atom stereocenters. The van der Waals surface area contributed by atoms with Gasteiger partial charge in [0.2, 0.25) is 5.95 Å². The van der Waals surface area contributed by atoms with Crippen molar-refractivity contribution < 1.29 is 0 Å². The van der Waals surface area contributed by atoms with Gasteiger partial charge in [-0.05, 0) is 57.2 Å². The maximum atomic E-state index is 13.1. The van der Waals surface area contributed by atoms with Crippen LogP contribution in [0.3, 0.4) is 0 Å². The molecule has 4 rings (SSSR count). The van der Waals surface area contributed by atoms with Crippen LogP contribution in [-0.4, -0.2) is 40.6 Å². The normalized spacial score (nSPS) is 17.8. The monoisotopic (exact) mass is 358 g/mol. The van der Waals surface area contributed by atoms with Crippen molar-refractivity contribution in [1.82, 2.24) is 14.5 Å². The maximum Gasteiger partial charge on any atom is 0.264 e. The van der Waals surface area contributed by atoms with Crippen LogP contribution in [0, 0.1) is 0 Å². The van der Waals surface area contributed by atoms with E-state index in [2.05, 4.69) is 16.8 Å². The molecule has 2 aromatic heterocycles. The Labute approximate surface area is 152 Å². The quantitative estimate of drug-likeness (QED) is 0.807. The fourth-order valence-corrected chi connectivity index (χ4v) is 5.26. The Balaban J connectivity index is 1.66. The zero-order valence-corrected chi connectivity index (χ0v) is 15.5. The van der Waals surface area contributed by atoms with E-state index in [0.29, 0.717) is 12.5 Å². The molecule has 25 heavy (non-hydrogen) atoms. The Kier molecular flexibility index (Phi) is 4.90. The van der Waals surface area contributed by atoms with E-state index in [4.69, 9.17) is 4.98 Å². The smallest absolute Gasteiger partial charge is 0.264 e. The number of rotatable bonds is 6. The van der Waals surface area contributed by atoms with E-state index in [9.17, 15) is 4.79 Å². The summed E-state index contributed by atoms with van der Waals surface area (Å²) < 4.78 is 1.75. The molecule has 6 heteroatoms. The molecule has 1 fully saturated rings. The first-order valence-electron chi connectivity index (χ1n) is 9.40. The summed E-state index contributed by atoms with van der Waals surface area (Å²) in [7, 11) is 0. The van der Waals surface area contributed by atoms with E-state index in [1.165, 1.54) is 49.2 Å². The van der Waals surface area contributed by atoms with Gasteiger partial charge in [0.1, 0.15) is 4.83 Å². The van der Waals surface area contributed by atoms with Gasteiger partial charge in [0.25, 0.3) is 5.56 Å². The van der Waals surface area contributed by atoms with Crippen LogP contribution in [0.1, 0.15) is 36.1 Å². The zero-order valence-electron chi connectivity index (χ0n) is 14.7. The molecule has 3 heterocycles. The lowest BCUT2D eigenvalue weighted by Gasteiger charge is -2.17. The summed E-state index contributed by atoms with van der Waals surface area (Å²) in [5, 5.41) is 4.26. The molecule has 5 nitrogen and oxygen atoms in total. The van der Waals surface area contributed by atoms with Gasteiger partial charge in [0.05, 0.1) is 5.39 Å². The van der Waals surface area contributed by atoms with Crippen LogP contribution >= 0.6 is 11.3 Å². The van der Waals surface area contributed by atoms with Crippen LogP contribution in [0.15, 0.2) is 17.4 Å². The molecule has 1 N–H and O–H groups in total. The number of aryl methyl sites for hydroxylation is 2. The number of fused-ring (bicyclic) bond motifs is 3. The molecule has 1 aliphatic carbocycles. The summed E-state index contributed by atoms with van der Waals surface area (Å²) in [6.45, 7) is 8.51. The van der Waals surface area contributed by atoms with Gasteiger partial charge in [-0.1, -0.05) is 6.08 Å². The van der Waals surface area contributed by atoms with Crippen LogP contribution in [0.4, 0.5) is 5.95 Å². The maximum absolute atomic E-state index is 13.1. The summed E-state index contributed by atoms with van der Waals surface area (Å²) in [6, 6.07) is 0. The molecule has 2 aliphatic rings. The van der Waals surface area contributed by atoms with Crippen molar-refractivity contribution in [3.63, 3.8) is 0 Å². The Morgan fingerprint density at radius 3 is 2.80 bits per heavy atom. The standard InChI is InChI=1S/C19H26N4OS/c1-2-10-23-18(24)16-14-7-3-4-8-15(14)25-17(16)21-19(23)20-9-13-22-11-5-6-12-22/h2H,1,3-13H2,(H,20,21). The highest BCUT2D eigenvalue weighted by Gasteiger charge is 2.21. The highest BCUT2D eigenvalue weighted by atomic mass is 32.1. The number of nitrogens with zero attached hydrogens (tertiary/aromatic N) is 3. The van der Waals surface area contributed by atoms with E-state index in [-0.39, 0.29) is 5.56 Å². The van der Waals surface area contributed by atoms with Crippen LogP contribution in [-0.2, 0) is 19.4 Å². The Bertz CT molecular complexity index is 832. The van der Waals surface area contributed by atoms with Crippen LogP contribution in [0.2, 0.25) is 0 Å². The summed E-state index contributed by atoms with van der Waals surface area (Å²) in [6.07, 6.45) is 8.88. The lowest BCUT2D eigenvalue weighted by atomic mass is 9.97. The molecule has 134 valence electrons. The number of likely N-dealkylation sites (tertiary alicyclic amines) is 1. The molecule has 0 radical (unpaired) electrons. The molecule has 0 aromatic carbocycles. The summed E-state index contributed by atoms with van der Waals surface area (Å²) in [5.41, 5.74) is 1.35. The van der Waals surface area contributed by atoms with Gasteiger partial charge in [-0.15, -0.1) is 17.9 Å². The minimum absolute atomic E-state index is 0.0907. The highest BCUT2D eigenvalue weighted by molar-refractivity contribution is 7.18. The van der Waals surface area contributed by atoms with Crippen LogP contribution < -0.4 is 10.9 Å². The second-order valence-corrected chi connectivity index (χ2v) is 8.09. The molecule has 0 spiro atoms. The average Bonchev–Trinajstić information content (AvgIpc) is 3.25. The first kappa shape index (κ1) is 16.8. The van der Waals surface area contributed by atoms with E-state index >= 15 is 0 Å². The van der Waals surface area contributed by atoms with Crippen molar-refractivity contribution in [3.8, 4) is 0 Å². The first-order valence-corrected chi connectivity index (χ1v) is 10.2. The molecule has 1 saturated heterocycles. The SMILES string of the molecule is C=CCn1c(NCCN2CCCC2)nc2sc3c(c2c1=O)CCCC3. The molecule has 1 aliphatic heterocycles. The molecular weight excluding hydrogens is 332 g/mol. The summed E-state index contributed by atoms with van der Waals surface area (Å²) in [5.74, 6) is 0.690. The van der Waals surface area contributed by atoms with Crippen molar-refractivity contribution in [2.45, 2.75) is 45.1 Å². The third kappa shape index (κ3) is 3.25. The number of hydrogen-bond donors (Lipinski definition) is 1. The molecule has 0 saturated carbocycles. The predicted molar refractivity (Wildman–Crippen MR) is 105 cm³/mol. The molecule has 2 aromatic rings. The Morgan fingerprint density at radius 2 is 2.00 bits per heavy atom. The predicted octanol–water partition coefficient (Wildman–Crippen LogP) is 3.03. The second-order valence-electron chi connectivity index (χ2n) is 7.01. The van der Waals surface area contributed by atoms with Gasteiger partial charge in [0, 0.05) is 24.5 Å². The van der Waals surface area contributed by atoms with Crippen molar-refractivity contribution >= 4 is 27.5 Å². The Hall–Kier alpha value is -1.66. The van der Waals surface area contributed by atoms with Crippen LogP contribution in [0.25, 0.3) is 10.2 Å². The summed E-state index contributed by atoms with van der Waals surface area (Å²) in [4.78, 5) is 22.7. The number of aromatic nitrogens is 2. The van der Waals surface area contributed by atoms with Crippen molar-refractivity contribution in [1.29, 1.82) is 0 Å². The molecule has 0 amide bonds. The molecule has 0 bridgehead atoms. The van der Waals surface area contributed by atoms with E-state index in [1.54, 1.807) is 22.0 Å². The first-order chi connectivity index (χ1) is 12.3. The zero-order chi connectivity index (χ0) is 17.2. The third-order valence-corrected chi connectivity index (χ3v) is 6.48. The van der Waals surface area contributed by atoms with Gasteiger partial charge in [0.15, 0.2) is 0 Å². The highest BCUT2D eigenvalue weighted by Crippen LogP contribution is 2.34. The Morgan fingerprint density at radius 1 is 1.20 bits per heavy atom. The fourth-order valence-electron chi connectivity index (χ4n) is 4.00. The largest absolute Gasteiger partial charge is 0.354 e. The average molecular weight is 359 g/mol. The lowest BCUT2D eigenvalue weighted by Crippen LogP contribution is -2.29. The van der Waals surface area contributed by atoms with E-state index in [0.717, 1.165) is 36.1 Å². The number of hydrogen-bond acceptors (Lipinski definition) is 5. The van der Waals surface area contributed by atoms with E-state index < -0.39 is 0 Å². The topological polar surface area (TPSA) is 50.2 Å². The molecule has 0 atom stereocenters. The lowest BCUT2D eigenvalue weighted by molar-refractivity contribution is 0.352. The second kappa shape index (κ2) is 7.30. The number of thiophene rings is 1. The number of nitrogens with one attached hydrogen (secondary N) is 1. The molecular formula is C19H26N4OS. The number of allylic oxidation sites excluding steroid dienone is 1. The third-order valence-electron chi connectivity index (χ3n) is 5.30. The van der Waals surface area contributed by atoms with Crippen molar-refractivity contribution in [2.75, 3.05) is 31.5 Å². The van der Waals surface area contributed by atoms with Crippen LogP contribution in [0.5, 0.6) is 0 Å². The number of anilines is 1. The van der Waals surface area contributed by atoms with E-state index in [1.807, 2.05) is 0 Å². The van der Waals surface area contributed by atoms with Gasteiger partial charge in [-0.2, -0.15) is 0 Å². The van der Waals surface area contributed by atoms with Crippen molar-refractivity contribution in [3.05, 3.63) is 33.4 Å². The van der Waals surface area contributed by atoms with Crippen molar-refractivity contribution in [2.24, 2.45) is 0 Å². The van der Waals surface area contributed by atoms with Gasteiger partial charge < -0.3 is 10.2 Å². The summed E-state index contributed by atoms with van der Waals surface area (Å²) >= 11 is 1.71.